The normalized spacial score (nSPS) is 12.2. The molecule has 4 nitrogen and oxygen atoms in total. The van der Waals surface area contributed by atoms with Crippen LogP contribution in [0, 0.1) is 27.7 Å². The van der Waals surface area contributed by atoms with Gasteiger partial charge >= 0.3 is 0 Å². The average molecular weight is 595 g/mol. The first-order valence-corrected chi connectivity index (χ1v) is 19.3. The quantitative estimate of drug-likeness (QED) is 0.0758. The fourth-order valence-electron chi connectivity index (χ4n) is 4.48. The molecule has 0 bridgehead atoms. The van der Waals surface area contributed by atoms with Crippen LogP contribution in [0.3, 0.4) is 0 Å². The fourth-order valence-corrected chi connectivity index (χ4v) is 9.07. The second kappa shape index (κ2) is 21.3. The summed E-state index contributed by atoms with van der Waals surface area (Å²) in [5.74, 6) is 1.18. The van der Waals surface area contributed by atoms with Crippen LogP contribution < -0.4 is 0 Å². The van der Waals surface area contributed by atoms with Crippen LogP contribution in [0.1, 0.15) is 126 Å². The van der Waals surface area contributed by atoms with Crippen molar-refractivity contribution in [1.82, 2.24) is 19.9 Å². The second-order valence-electron chi connectivity index (χ2n) is 10.4. The predicted octanol–water partition coefficient (Wildman–Crippen LogP) is 10.9. The van der Waals surface area contributed by atoms with Crippen molar-refractivity contribution in [2.45, 2.75) is 146 Å². The molecule has 2 heterocycles. The van der Waals surface area contributed by atoms with Crippen LogP contribution in [0.15, 0.2) is 22.4 Å². The Morgan fingerprint density at radius 3 is 1.47 bits per heavy atom. The third-order valence-corrected chi connectivity index (χ3v) is 11.4. The summed E-state index contributed by atoms with van der Waals surface area (Å²) < 4.78 is 0. The zero-order valence-corrected chi connectivity index (χ0v) is 27.7. The molecule has 0 spiro atoms. The molecule has 2 aromatic heterocycles. The van der Waals surface area contributed by atoms with Gasteiger partial charge in [0, 0.05) is 33.8 Å². The molecule has 0 N–H and O–H groups in total. The van der Waals surface area contributed by atoms with Gasteiger partial charge in [-0.05, 0) is 80.7 Å². The predicted molar refractivity (Wildman–Crippen MR) is 173 cm³/mol. The SMILES string of the molecule is CCCCCCCCC(CCCCCCCCCSSc1nc(C)cc(C)n1)SSc1nc(C)cc(C)n1. The Balaban J connectivity index is 1.56. The van der Waals surface area contributed by atoms with Gasteiger partial charge in [-0.3, -0.25) is 0 Å². The molecule has 0 fully saturated rings. The molecule has 0 radical (unpaired) electrons. The molecule has 38 heavy (non-hydrogen) atoms. The zero-order chi connectivity index (χ0) is 27.4. The highest BCUT2D eigenvalue weighted by atomic mass is 33.1. The Kier molecular flexibility index (Phi) is 18.9. The number of aromatic nitrogens is 4. The lowest BCUT2D eigenvalue weighted by Gasteiger charge is -2.16. The summed E-state index contributed by atoms with van der Waals surface area (Å²) in [7, 11) is 7.43. The van der Waals surface area contributed by atoms with Gasteiger partial charge < -0.3 is 0 Å². The summed E-state index contributed by atoms with van der Waals surface area (Å²) in [5.41, 5.74) is 4.26. The summed E-state index contributed by atoms with van der Waals surface area (Å²) in [6.45, 7) is 10.5. The van der Waals surface area contributed by atoms with Crippen molar-refractivity contribution in [3.63, 3.8) is 0 Å². The van der Waals surface area contributed by atoms with Crippen molar-refractivity contribution in [3.8, 4) is 0 Å². The smallest absolute Gasteiger partial charge is 0.198 e. The molecular weight excluding hydrogens is 545 g/mol. The molecule has 0 saturated heterocycles. The molecule has 2 aromatic rings. The van der Waals surface area contributed by atoms with Crippen LogP contribution in [0.4, 0.5) is 0 Å². The number of hydrogen-bond acceptors (Lipinski definition) is 8. The molecule has 0 aliphatic heterocycles. The van der Waals surface area contributed by atoms with Gasteiger partial charge in [-0.25, -0.2) is 19.9 Å². The summed E-state index contributed by atoms with van der Waals surface area (Å²) in [4.78, 5) is 18.3. The maximum atomic E-state index is 4.64. The van der Waals surface area contributed by atoms with Crippen molar-refractivity contribution < 1.29 is 0 Å². The first kappa shape index (κ1) is 33.8. The first-order chi connectivity index (χ1) is 18.5. The monoisotopic (exact) mass is 594 g/mol. The maximum Gasteiger partial charge on any atom is 0.198 e. The minimum absolute atomic E-state index is 0.714. The Morgan fingerprint density at radius 1 is 0.553 bits per heavy atom. The van der Waals surface area contributed by atoms with Crippen LogP contribution in [0.25, 0.3) is 0 Å². The minimum atomic E-state index is 0.714. The van der Waals surface area contributed by atoms with Crippen molar-refractivity contribution in [2.24, 2.45) is 0 Å². The van der Waals surface area contributed by atoms with Gasteiger partial charge in [-0.2, -0.15) is 0 Å². The second-order valence-corrected chi connectivity index (χ2v) is 15.2. The molecular formula is C30H50N4S4. The van der Waals surface area contributed by atoms with Gasteiger partial charge in [-0.15, -0.1) is 0 Å². The largest absolute Gasteiger partial charge is 0.227 e. The number of unbranched alkanes of at least 4 members (excludes halogenated alkanes) is 11. The van der Waals surface area contributed by atoms with Crippen LogP contribution >= 0.6 is 43.2 Å². The van der Waals surface area contributed by atoms with Crippen molar-refractivity contribution in [3.05, 3.63) is 34.9 Å². The van der Waals surface area contributed by atoms with E-state index in [1.54, 1.807) is 21.6 Å². The van der Waals surface area contributed by atoms with Gasteiger partial charge in [0.1, 0.15) is 0 Å². The highest BCUT2D eigenvalue weighted by molar-refractivity contribution is 8.77. The zero-order valence-electron chi connectivity index (χ0n) is 24.5. The van der Waals surface area contributed by atoms with Crippen LogP contribution in [0.5, 0.6) is 0 Å². The van der Waals surface area contributed by atoms with E-state index in [1.807, 2.05) is 41.5 Å². The molecule has 0 aromatic carbocycles. The third-order valence-electron chi connectivity index (χ3n) is 6.45. The Labute approximate surface area is 249 Å². The first-order valence-electron chi connectivity index (χ1n) is 14.7. The average Bonchev–Trinajstić information content (AvgIpc) is 2.86. The number of hydrogen-bond donors (Lipinski definition) is 0. The van der Waals surface area contributed by atoms with E-state index in [2.05, 4.69) is 46.8 Å². The lowest BCUT2D eigenvalue weighted by atomic mass is 10.0. The van der Waals surface area contributed by atoms with E-state index in [-0.39, 0.29) is 0 Å². The summed E-state index contributed by atoms with van der Waals surface area (Å²) in [5, 5.41) is 2.55. The highest BCUT2D eigenvalue weighted by Gasteiger charge is 2.12. The molecule has 2 rings (SSSR count). The summed E-state index contributed by atoms with van der Waals surface area (Å²) in [6, 6.07) is 4.09. The van der Waals surface area contributed by atoms with Crippen molar-refractivity contribution in [1.29, 1.82) is 0 Å². The minimum Gasteiger partial charge on any atom is -0.227 e. The standard InChI is InChI=1S/C30H50N4S4/c1-6-7-8-9-13-16-19-28(36-38-30-33-26(4)23-27(5)34-30)20-17-14-11-10-12-15-18-21-35-37-29-31-24(2)22-25(3)32-29/h22-23,28H,6-21H2,1-5H3. The Hall–Kier alpha value is -0.440. The maximum absolute atomic E-state index is 4.64. The van der Waals surface area contributed by atoms with E-state index in [0.717, 1.165) is 33.1 Å². The van der Waals surface area contributed by atoms with E-state index in [9.17, 15) is 0 Å². The molecule has 0 amide bonds. The van der Waals surface area contributed by atoms with E-state index >= 15 is 0 Å². The molecule has 1 unspecified atom stereocenters. The molecule has 8 heteroatoms. The van der Waals surface area contributed by atoms with Crippen LogP contribution in [-0.2, 0) is 0 Å². The number of rotatable bonds is 22. The van der Waals surface area contributed by atoms with Gasteiger partial charge in [0.2, 0.25) is 0 Å². The van der Waals surface area contributed by atoms with E-state index < -0.39 is 0 Å². The highest BCUT2D eigenvalue weighted by Crippen LogP contribution is 2.37. The van der Waals surface area contributed by atoms with Crippen LogP contribution in [-0.4, -0.2) is 30.9 Å². The van der Waals surface area contributed by atoms with E-state index in [0.29, 0.717) is 5.25 Å². The number of nitrogens with zero attached hydrogens (tertiary/aromatic N) is 4. The van der Waals surface area contributed by atoms with Crippen molar-refractivity contribution >= 4 is 43.2 Å². The lowest BCUT2D eigenvalue weighted by molar-refractivity contribution is 0.540. The molecule has 1 atom stereocenters. The van der Waals surface area contributed by atoms with E-state index in [1.165, 1.54) is 102 Å². The third kappa shape index (κ3) is 16.6. The van der Waals surface area contributed by atoms with Crippen LogP contribution in [0.2, 0.25) is 0 Å². The topological polar surface area (TPSA) is 51.6 Å². The van der Waals surface area contributed by atoms with E-state index in [4.69, 9.17) is 0 Å². The lowest BCUT2D eigenvalue weighted by Crippen LogP contribution is -2.02. The molecule has 0 aliphatic rings. The van der Waals surface area contributed by atoms with Gasteiger partial charge in [0.25, 0.3) is 0 Å². The molecule has 214 valence electrons. The van der Waals surface area contributed by atoms with Gasteiger partial charge in [0.15, 0.2) is 10.3 Å². The fraction of sp³-hybridized carbons (Fsp3) is 0.733. The van der Waals surface area contributed by atoms with Gasteiger partial charge in [0.05, 0.1) is 0 Å². The van der Waals surface area contributed by atoms with Gasteiger partial charge in [-0.1, -0.05) is 106 Å². The molecule has 0 saturated carbocycles. The Morgan fingerprint density at radius 2 is 0.974 bits per heavy atom. The number of aryl methyl sites for hydroxylation is 4. The summed E-state index contributed by atoms with van der Waals surface area (Å²) in [6.07, 6.45) is 20.4. The van der Waals surface area contributed by atoms with Crippen molar-refractivity contribution in [2.75, 3.05) is 5.75 Å². The Bertz CT molecular complexity index is 856. The molecule has 0 aliphatic carbocycles. The summed E-state index contributed by atoms with van der Waals surface area (Å²) >= 11 is 0.